The first-order valence-corrected chi connectivity index (χ1v) is 6.93. The van der Waals surface area contributed by atoms with Crippen molar-refractivity contribution in [3.8, 4) is 5.75 Å². The van der Waals surface area contributed by atoms with E-state index in [1.54, 1.807) is 23.7 Å². The van der Waals surface area contributed by atoms with Crippen LogP contribution < -0.4 is 15.8 Å². The zero-order valence-corrected chi connectivity index (χ0v) is 12.5. The summed E-state index contributed by atoms with van der Waals surface area (Å²) >= 11 is 0. The van der Waals surface area contributed by atoms with Crippen molar-refractivity contribution in [2.75, 3.05) is 17.7 Å². The van der Waals surface area contributed by atoms with E-state index in [9.17, 15) is 4.79 Å². The summed E-state index contributed by atoms with van der Waals surface area (Å²) in [6.45, 7) is 6.82. The normalized spacial score (nSPS) is 10.4. The molecule has 0 spiro atoms. The molecule has 2 aromatic rings. The lowest BCUT2D eigenvalue weighted by Gasteiger charge is -2.08. The second-order valence-corrected chi connectivity index (χ2v) is 4.57. The van der Waals surface area contributed by atoms with Crippen molar-refractivity contribution in [2.24, 2.45) is 0 Å². The summed E-state index contributed by atoms with van der Waals surface area (Å²) in [5.41, 5.74) is 8.09. The Bertz CT molecular complexity index is 632. The number of carbonyl (C=O) groups excluding carboxylic acids is 1. The number of benzene rings is 1. The lowest BCUT2D eigenvalue weighted by atomic mass is 10.2. The number of hydrogen-bond acceptors (Lipinski definition) is 4. The van der Waals surface area contributed by atoms with Gasteiger partial charge in [0.1, 0.15) is 11.4 Å². The molecule has 112 valence electrons. The fourth-order valence-electron chi connectivity index (χ4n) is 2.06. The maximum absolute atomic E-state index is 12.4. The second-order valence-electron chi connectivity index (χ2n) is 4.57. The van der Waals surface area contributed by atoms with Gasteiger partial charge in [-0.05, 0) is 45.0 Å². The van der Waals surface area contributed by atoms with E-state index in [1.807, 2.05) is 26.0 Å². The van der Waals surface area contributed by atoms with Crippen molar-refractivity contribution < 1.29 is 9.53 Å². The van der Waals surface area contributed by atoms with E-state index >= 15 is 0 Å². The highest BCUT2D eigenvalue weighted by molar-refractivity contribution is 6.06. The van der Waals surface area contributed by atoms with E-state index in [4.69, 9.17) is 10.5 Å². The molecule has 21 heavy (non-hydrogen) atoms. The molecule has 0 fully saturated rings. The summed E-state index contributed by atoms with van der Waals surface area (Å²) in [6.07, 6.45) is 0. The van der Waals surface area contributed by atoms with Gasteiger partial charge in [-0.15, -0.1) is 0 Å². The van der Waals surface area contributed by atoms with Crippen molar-refractivity contribution in [1.82, 2.24) is 9.78 Å². The second kappa shape index (κ2) is 6.30. The van der Waals surface area contributed by atoms with Crippen LogP contribution in [0.3, 0.4) is 0 Å². The minimum absolute atomic E-state index is 0.265. The lowest BCUT2D eigenvalue weighted by Crippen LogP contribution is -2.18. The first kappa shape index (κ1) is 14.9. The number of anilines is 2. The maximum atomic E-state index is 12.4. The van der Waals surface area contributed by atoms with Gasteiger partial charge in [-0.3, -0.25) is 9.48 Å². The Hall–Kier alpha value is -2.50. The molecule has 0 saturated carbocycles. The quantitative estimate of drug-likeness (QED) is 0.885. The Morgan fingerprint density at radius 1 is 1.33 bits per heavy atom. The summed E-state index contributed by atoms with van der Waals surface area (Å²) in [7, 11) is 0. The third kappa shape index (κ3) is 3.16. The largest absolute Gasteiger partial charge is 0.494 e. The molecule has 0 aliphatic heterocycles. The molecule has 1 heterocycles. The van der Waals surface area contributed by atoms with Crippen LogP contribution in [0.15, 0.2) is 24.3 Å². The summed E-state index contributed by atoms with van der Waals surface area (Å²) in [4.78, 5) is 12.4. The van der Waals surface area contributed by atoms with Crippen LogP contribution in [0.5, 0.6) is 5.75 Å². The van der Waals surface area contributed by atoms with Crippen molar-refractivity contribution in [2.45, 2.75) is 27.3 Å². The molecule has 0 unspecified atom stereocenters. The van der Waals surface area contributed by atoms with E-state index < -0.39 is 0 Å². The number of aromatic nitrogens is 2. The molecule has 0 radical (unpaired) electrons. The van der Waals surface area contributed by atoms with Gasteiger partial charge in [-0.2, -0.15) is 5.10 Å². The van der Waals surface area contributed by atoms with Gasteiger partial charge in [0.2, 0.25) is 0 Å². The standard InChI is InChI=1S/C15H20N4O2/c1-4-19-14(13(16)10(3)18-19)15(20)17-11-6-8-12(9-7-11)21-5-2/h6-9H,4-5,16H2,1-3H3,(H,17,20). The lowest BCUT2D eigenvalue weighted by molar-refractivity contribution is 0.101. The number of nitrogens with zero attached hydrogens (tertiary/aromatic N) is 2. The minimum Gasteiger partial charge on any atom is -0.494 e. The van der Waals surface area contributed by atoms with Crippen LogP contribution in [0, 0.1) is 6.92 Å². The zero-order chi connectivity index (χ0) is 15.4. The Labute approximate surface area is 123 Å². The van der Waals surface area contributed by atoms with Crippen LogP contribution in [0.2, 0.25) is 0 Å². The Kier molecular flexibility index (Phi) is 4.47. The van der Waals surface area contributed by atoms with Crippen molar-refractivity contribution in [3.63, 3.8) is 0 Å². The minimum atomic E-state index is -0.265. The van der Waals surface area contributed by atoms with E-state index in [1.165, 1.54) is 0 Å². The third-order valence-corrected chi connectivity index (χ3v) is 3.11. The van der Waals surface area contributed by atoms with E-state index in [0.717, 1.165) is 5.75 Å². The van der Waals surface area contributed by atoms with Crippen molar-refractivity contribution in [1.29, 1.82) is 0 Å². The maximum Gasteiger partial charge on any atom is 0.276 e. The van der Waals surface area contributed by atoms with E-state index in [0.29, 0.717) is 35.9 Å². The fraction of sp³-hybridized carbons (Fsp3) is 0.333. The van der Waals surface area contributed by atoms with Crippen molar-refractivity contribution in [3.05, 3.63) is 35.7 Å². The molecule has 0 saturated heterocycles. The SMILES string of the molecule is CCOc1ccc(NC(=O)c2c(N)c(C)nn2CC)cc1. The van der Waals surface area contributed by atoms with Gasteiger partial charge in [0.25, 0.3) is 5.91 Å². The summed E-state index contributed by atoms with van der Waals surface area (Å²) in [5.74, 6) is 0.503. The van der Waals surface area contributed by atoms with Gasteiger partial charge < -0.3 is 15.8 Å². The van der Waals surface area contributed by atoms with Crippen LogP contribution in [0.4, 0.5) is 11.4 Å². The first-order valence-electron chi connectivity index (χ1n) is 6.93. The number of rotatable bonds is 5. The number of amides is 1. The smallest absolute Gasteiger partial charge is 0.276 e. The molecular weight excluding hydrogens is 268 g/mol. The van der Waals surface area contributed by atoms with Crippen LogP contribution in [0.1, 0.15) is 30.0 Å². The average molecular weight is 288 g/mol. The molecule has 0 aliphatic carbocycles. The molecule has 0 aliphatic rings. The molecular formula is C15H20N4O2. The van der Waals surface area contributed by atoms with Gasteiger partial charge in [-0.25, -0.2) is 0 Å². The van der Waals surface area contributed by atoms with Crippen molar-refractivity contribution >= 4 is 17.3 Å². The monoisotopic (exact) mass is 288 g/mol. The summed E-state index contributed by atoms with van der Waals surface area (Å²) in [5, 5.41) is 7.06. The van der Waals surface area contributed by atoms with Gasteiger partial charge in [0.15, 0.2) is 0 Å². The number of nitrogen functional groups attached to an aromatic ring is 1. The molecule has 6 heteroatoms. The molecule has 1 amide bonds. The number of aryl methyl sites for hydroxylation is 2. The number of carbonyl (C=O) groups is 1. The molecule has 6 nitrogen and oxygen atoms in total. The van der Waals surface area contributed by atoms with Gasteiger partial charge in [0.05, 0.1) is 18.0 Å². The molecule has 1 aromatic carbocycles. The number of hydrogen-bond donors (Lipinski definition) is 2. The molecule has 1 aromatic heterocycles. The highest BCUT2D eigenvalue weighted by Crippen LogP contribution is 2.20. The highest BCUT2D eigenvalue weighted by Gasteiger charge is 2.19. The van der Waals surface area contributed by atoms with Gasteiger partial charge in [0, 0.05) is 12.2 Å². The topological polar surface area (TPSA) is 82.2 Å². The molecule has 2 rings (SSSR count). The Morgan fingerprint density at radius 3 is 2.57 bits per heavy atom. The van der Waals surface area contributed by atoms with E-state index in [-0.39, 0.29) is 5.91 Å². The number of ether oxygens (including phenoxy) is 1. The third-order valence-electron chi connectivity index (χ3n) is 3.11. The molecule has 0 atom stereocenters. The van der Waals surface area contributed by atoms with E-state index in [2.05, 4.69) is 10.4 Å². The average Bonchev–Trinajstić information content (AvgIpc) is 2.76. The Morgan fingerprint density at radius 2 is 2.00 bits per heavy atom. The predicted molar refractivity (Wildman–Crippen MR) is 82.6 cm³/mol. The first-order chi connectivity index (χ1) is 10.1. The summed E-state index contributed by atoms with van der Waals surface area (Å²) < 4.78 is 6.97. The zero-order valence-electron chi connectivity index (χ0n) is 12.5. The molecule has 0 bridgehead atoms. The number of nitrogens with two attached hydrogens (primary N) is 1. The van der Waals surface area contributed by atoms with Crippen LogP contribution in [0.25, 0.3) is 0 Å². The Balaban J connectivity index is 2.18. The van der Waals surface area contributed by atoms with Crippen LogP contribution in [-0.2, 0) is 6.54 Å². The summed E-state index contributed by atoms with van der Waals surface area (Å²) in [6, 6.07) is 7.20. The van der Waals surface area contributed by atoms with Gasteiger partial charge >= 0.3 is 0 Å². The fourth-order valence-corrected chi connectivity index (χ4v) is 2.06. The van der Waals surface area contributed by atoms with Crippen LogP contribution >= 0.6 is 0 Å². The van der Waals surface area contributed by atoms with Gasteiger partial charge in [-0.1, -0.05) is 0 Å². The predicted octanol–water partition coefficient (Wildman–Crippen LogP) is 2.44. The number of nitrogens with one attached hydrogen (secondary N) is 1. The van der Waals surface area contributed by atoms with Crippen LogP contribution in [-0.4, -0.2) is 22.3 Å². The highest BCUT2D eigenvalue weighted by atomic mass is 16.5. The molecule has 3 N–H and O–H groups in total.